The number of methoxy groups -OCH3 is 1. The van der Waals surface area contributed by atoms with E-state index in [4.69, 9.17) is 14.6 Å². The lowest BCUT2D eigenvalue weighted by molar-refractivity contribution is 0.308. The van der Waals surface area contributed by atoms with Gasteiger partial charge in [-0.05, 0) is 65.4 Å². The van der Waals surface area contributed by atoms with Crippen molar-refractivity contribution in [2.45, 2.75) is 45.3 Å². The third-order valence-electron chi connectivity index (χ3n) is 5.57. The van der Waals surface area contributed by atoms with Crippen molar-refractivity contribution >= 4 is 15.9 Å². The minimum Gasteiger partial charge on any atom is -0.493 e. The van der Waals surface area contributed by atoms with E-state index in [0.717, 1.165) is 47.5 Å². The van der Waals surface area contributed by atoms with Crippen LogP contribution < -0.4 is 14.8 Å². The summed E-state index contributed by atoms with van der Waals surface area (Å²) >= 11 is 3.62. The van der Waals surface area contributed by atoms with Crippen molar-refractivity contribution in [3.8, 4) is 11.5 Å². The summed E-state index contributed by atoms with van der Waals surface area (Å²) in [6.07, 6.45) is 5.42. The van der Waals surface area contributed by atoms with E-state index in [1.807, 2.05) is 19.2 Å². The molecule has 0 saturated heterocycles. The molecule has 0 amide bonds. The molecule has 1 unspecified atom stereocenters. The maximum Gasteiger partial charge on any atom is 0.175 e. The Morgan fingerprint density at radius 3 is 2.80 bits per heavy atom. The lowest BCUT2D eigenvalue weighted by Crippen LogP contribution is -2.25. The second-order valence-electron chi connectivity index (χ2n) is 7.56. The number of hydrogen-bond donors (Lipinski definition) is 1. The molecule has 1 heterocycles. The fraction of sp³-hybridized carbons (Fsp3) is 0.375. The molecule has 0 radical (unpaired) electrons. The van der Waals surface area contributed by atoms with Gasteiger partial charge in [0, 0.05) is 23.8 Å². The molecule has 1 atom stereocenters. The molecule has 2 aromatic carbocycles. The molecule has 1 aliphatic carbocycles. The number of benzene rings is 2. The largest absolute Gasteiger partial charge is 0.493 e. The van der Waals surface area contributed by atoms with Gasteiger partial charge in [-0.1, -0.05) is 30.3 Å². The second-order valence-corrected chi connectivity index (χ2v) is 8.41. The van der Waals surface area contributed by atoms with E-state index in [1.54, 1.807) is 7.11 Å². The van der Waals surface area contributed by atoms with Gasteiger partial charge in [-0.25, -0.2) is 0 Å². The molecule has 1 aromatic heterocycles. The molecule has 0 bridgehead atoms. The van der Waals surface area contributed by atoms with Gasteiger partial charge in [-0.15, -0.1) is 0 Å². The Kier molecular flexibility index (Phi) is 6.75. The van der Waals surface area contributed by atoms with Gasteiger partial charge in [-0.2, -0.15) is 5.10 Å². The van der Waals surface area contributed by atoms with Crippen molar-refractivity contribution in [1.29, 1.82) is 0 Å². The molecule has 0 saturated carbocycles. The maximum absolute atomic E-state index is 5.70. The predicted molar refractivity (Wildman–Crippen MR) is 122 cm³/mol. The Morgan fingerprint density at radius 2 is 2.03 bits per heavy atom. The molecule has 0 spiro atoms. The monoisotopic (exact) mass is 469 g/mol. The topological polar surface area (TPSA) is 48.3 Å². The zero-order valence-corrected chi connectivity index (χ0v) is 19.1. The van der Waals surface area contributed by atoms with Crippen molar-refractivity contribution < 1.29 is 9.47 Å². The minimum absolute atomic E-state index is 0.314. The van der Waals surface area contributed by atoms with E-state index in [9.17, 15) is 0 Å². The predicted octanol–water partition coefficient (Wildman–Crippen LogP) is 5.27. The van der Waals surface area contributed by atoms with Gasteiger partial charge >= 0.3 is 0 Å². The van der Waals surface area contributed by atoms with Gasteiger partial charge < -0.3 is 14.8 Å². The van der Waals surface area contributed by atoms with E-state index < -0.39 is 0 Å². The maximum atomic E-state index is 5.70. The quantitative estimate of drug-likeness (QED) is 0.488. The number of fused-ring (bicyclic) bond motifs is 1. The molecule has 5 nitrogen and oxygen atoms in total. The Bertz CT molecular complexity index is 988. The molecule has 1 N–H and O–H groups in total. The average molecular weight is 470 g/mol. The highest BCUT2D eigenvalue weighted by molar-refractivity contribution is 9.10. The molecular formula is C24H28BrN3O2. The fourth-order valence-electron chi connectivity index (χ4n) is 4.12. The number of nitrogens with zero attached hydrogens (tertiary/aromatic N) is 2. The van der Waals surface area contributed by atoms with Crippen LogP contribution in [0.4, 0.5) is 0 Å². The van der Waals surface area contributed by atoms with Gasteiger partial charge in [0.15, 0.2) is 11.5 Å². The standard InChI is InChI=1S/C24H28BrN3O2/c1-3-30-24-20(25)12-18(13-23(24)29-2)14-26-21-10-7-11-22-19(21)15-27-28(22)16-17-8-5-4-6-9-17/h4-6,8-9,12-13,15,21,26H,3,7,10-11,14,16H2,1-2H3. The highest BCUT2D eigenvalue weighted by atomic mass is 79.9. The first-order chi connectivity index (χ1) is 14.7. The average Bonchev–Trinajstić information content (AvgIpc) is 3.18. The molecular weight excluding hydrogens is 442 g/mol. The lowest BCUT2D eigenvalue weighted by atomic mass is 9.92. The first-order valence-electron chi connectivity index (χ1n) is 10.5. The number of halogens is 1. The van der Waals surface area contributed by atoms with E-state index >= 15 is 0 Å². The Morgan fingerprint density at radius 1 is 1.20 bits per heavy atom. The Balaban J connectivity index is 1.48. The molecule has 30 heavy (non-hydrogen) atoms. The smallest absolute Gasteiger partial charge is 0.175 e. The van der Waals surface area contributed by atoms with Crippen molar-refractivity contribution in [1.82, 2.24) is 15.1 Å². The van der Waals surface area contributed by atoms with Gasteiger partial charge in [0.1, 0.15) is 0 Å². The van der Waals surface area contributed by atoms with Crippen LogP contribution in [0.5, 0.6) is 11.5 Å². The minimum atomic E-state index is 0.314. The summed E-state index contributed by atoms with van der Waals surface area (Å²) in [7, 11) is 1.68. The summed E-state index contributed by atoms with van der Waals surface area (Å²) in [6.45, 7) is 4.16. The van der Waals surface area contributed by atoms with E-state index in [0.29, 0.717) is 12.6 Å². The third kappa shape index (κ3) is 4.55. The molecule has 4 rings (SSSR count). The van der Waals surface area contributed by atoms with Crippen molar-refractivity contribution in [3.05, 3.63) is 75.5 Å². The van der Waals surface area contributed by atoms with Crippen LogP contribution in [0.25, 0.3) is 0 Å². The summed E-state index contributed by atoms with van der Waals surface area (Å²) in [4.78, 5) is 0. The number of ether oxygens (including phenoxy) is 2. The Labute approximate surface area is 186 Å². The number of rotatable bonds is 8. The highest BCUT2D eigenvalue weighted by Gasteiger charge is 2.24. The normalized spacial score (nSPS) is 15.6. The molecule has 3 aromatic rings. The van der Waals surface area contributed by atoms with Gasteiger partial charge in [-0.3, -0.25) is 4.68 Å². The van der Waals surface area contributed by atoms with Crippen LogP contribution in [0.1, 0.15) is 48.2 Å². The third-order valence-corrected chi connectivity index (χ3v) is 6.16. The van der Waals surface area contributed by atoms with E-state index in [-0.39, 0.29) is 0 Å². The molecule has 0 aliphatic heterocycles. The number of aromatic nitrogens is 2. The van der Waals surface area contributed by atoms with E-state index in [2.05, 4.69) is 62.3 Å². The molecule has 0 fully saturated rings. The highest BCUT2D eigenvalue weighted by Crippen LogP contribution is 2.37. The first-order valence-corrected chi connectivity index (χ1v) is 11.3. The van der Waals surface area contributed by atoms with E-state index in [1.165, 1.54) is 23.2 Å². The van der Waals surface area contributed by atoms with Crippen LogP contribution in [0.2, 0.25) is 0 Å². The first kappa shape index (κ1) is 20.9. The summed E-state index contributed by atoms with van der Waals surface area (Å²) in [5, 5.41) is 8.44. The van der Waals surface area contributed by atoms with Gasteiger partial charge in [0.2, 0.25) is 0 Å². The van der Waals surface area contributed by atoms with Crippen LogP contribution in [0.15, 0.2) is 53.1 Å². The zero-order chi connectivity index (χ0) is 20.9. The number of nitrogens with one attached hydrogen (secondary N) is 1. The molecule has 6 heteroatoms. The summed E-state index contributed by atoms with van der Waals surface area (Å²) in [6, 6.07) is 15.0. The SMILES string of the molecule is CCOc1c(Br)cc(CNC2CCCc3c2cnn3Cc2ccccc2)cc1OC. The van der Waals surface area contributed by atoms with Crippen LogP contribution in [-0.4, -0.2) is 23.5 Å². The summed E-state index contributed by atoms with van der Waals surface area (Å²) in [5.41, 5.74) is 5.12. The summed E-state index contributed by atoms with van der Waals surface area (Å²) < 4.78 is 14.3. The fourth-order valence-corrected chi connectivity index (χ4v) is 4.73. The Hall–Kier alpha value is -2.31. The van der Waals surface area contributed by atoms with Crippen molar-refractivity contribution in [2.24, 2.45) is 0 Å². The zero-order valence-electron chi connectivity index (χ0n) is 17.5. The van der Waals surface area contributed by atoms with Crippen LogP contribution in [-0.2, 0) is 19.5 Å². The van der Waals surface area contributed by atoms with Crippen LogP contribution >= 0.6 is 15.9 Å². The van der Waals surface area contributed by atoms with Gasteiger partial charge in [0.05, 0.1) is 30.9 Å². The van der Waals surface area contributed by atoms with Crippen molar-refractivity contribution in [3.63, 3.8) is 0 Å². The molecule has 158 valence electrons. The van der Waals surface area contributed by atoms with Crippen LogP contribution in [0.3, 0.4) is 0 Å². The lowest BCUT2D eigenvalue weighted by Gasteiger charge is -2.25. The molecule has 1 aliphatic rings. The number of hydrogen-bond acceptors (Lipinski definition) is 4. The summed E-state index contributed by atoms with van der Waals surface area (Å²) in [5.74, 6) is 1.51. The van der Waals surface area contributed by atoms with Crippen molar-refractivity contribution in [2.75, 3.05) is 13.7 Å². The second kappa shape index (κ2) is 9.67. The van der Waals surface area contributed by atoms with Crippen LogP contribution in [0, 0.1) is 0 Å². The van der Waals surface area contributed by atoms with Gasteiger partial charge in [0.25, 0.3) is 0 Å².